The fraction of sp³-hybridized carbons (Fsp3) is 0.653. The summed E-state index contributed by atoms with van der Waals surface area (Å²) in [7, 11) is 11.5. The number of aliphatic hydroxyl groups excluding tert-OH is 1. The monoisotopic (exact) mass is 1310 g/mol. The Labute approximate surface area is 561 Å². The van der Waals surface area contributed by atoms with Crippen molar-refractivity contribution in [3.8, 4) is 11.5 Å². The summed E-state index contributed by atoms with van der Waals surface area (Å²) in [6, 6.07) is 19.1. The van der Waals surface area contributed by atoms with Crippen molar-refractivity contribution in [1.29, 1.82) is 0 Å². The van der Waals surface area contributed by atoms with Gasteiger partial charge in [-0.15, -0.1) is 0 Å². The Morgan fingerprint density at radius 1 is 0.670 bits per heavy atom. The van der Waals surface area contributed by atoms with Crippen LogP contribution in [0.25, 0.3) is 32.7 Å². The minimum absolute atomic E-state index is 0.127. The second-order valence-corrected chi connectivity index (χ2v) is 30.3. The molecule has 3 aliphatic carbocycles. The number of halogens is 1. The van der Waals surface area contributed by atoms with Gasteiger partial charge in [-0.3, -0.25) is 19.5 Å². The molecule has 6 aromatic rings. The van der Waals surface area contributed by atoms with Gasteiger partial charge in [-0.25, -0.2) is 9.36 Å². The van der Waals surface area contributed by atoms with E-state index in [2.05, 4.69) is 60.8 Å². The van der Waals surface area contributed by atoms with E-state index in [9.17, 15) is 19.8 Å². The van der Waals surface area contributed by atoms with Crippen molar-refractivity contribution < 1.29 is 48.2 Å². The number of aromatic nitrogens is 3. The fourth-order valence-corrected chi connectivity index (χ4v) is 20.1. The number of likely N-dealkylation sites (N-methyl/N-ethyl adjacent to an activating group) is 1. The molecule has 94 heavy (non-hydrogen) atoms. The molecule has 9 aliphatic heterocycles. The number of methoxy groups -OCH3 is 2. The van der Waals surface area contributed by atoms with E-state index in [0.29, 0.717) is 86.9 Å². The van der Waals surface area contributed by atoms with Crippen molar-refractivity contribution in [2.75, 3.05) is 141 Å². The van der Waals surface area contributed by atoms with Crippen LogP contribution in [0.15, 0.2) is 54.6 Å². The number of phenols is 1. The van der Waals surface area contributed by atoms with Crippen molar-refractivity contribution in [3.05, 3.63) is 93.4 Å². The van der Waals surface area contributed by atoms with Crippen molar-refractivity contribution in [3.63, 3.8) is 0 Å². The van der Waals surface area contributed by atoms with E-state index in [0.717, 1.165) is 130 Å². The van der Waals surface area contributed by atoms with Gasteiger partial charge in [-0.1, -0.05) is 24.9 Å². The van der Waals surface area contributed by atoms with Crippen LogP contribution in [-0.2, 0) is 53.2 Å². The first-order valence-corrected chi connectivity index (χ1v) is 36.0. The van der Waals surface area contributed by atoms with E-state index in [-0.39, 0.29) is 42.5 Å². The highest BCUT2D eigenvalue weighted by atomic mass is 35.5. The fourth-order valence-electron chi connectivity index (χ4n) is 19.9. The quantitative estimate of drug-likeness (QED) is 0.0218. The van der Waals surface area contributed by atoms with E-state index >= 15 is 0 Å². The molecule has 19 heteroatoms. The second-order valence-electron chi connectivity index (χ2n) is 29.8. The Kier molecular flexibility index (Phi) is 21.2. The number of aromatic hydroxyl groups is 1. The first kappa shape index (κ1) is 67.5. The number of aromatic amines is 2. The highest BCUT2D eigenvalue weighted by Crippen LogP contribution is 2.57. The predicted octanol–water partition coefficient (Wildman–Crippen LogP) is 11.2. The van der Waals surface area contributed by atoms with E-state index in [1.165, 1.54) is 101 Å². The van der Waals surface area contributed by atoms with Crippen LogP contribution in [0.5, 0.6) is 11.5 Å². The lowest BCUT2D eigenvalue weighted by atomic mass is 9.56. The number of phenolic OH excluding ortho intramolecular Hbond substituents is 1. The number of ether oxygens (including phenoxy) is 6. The molecule has 4 N–H and O–H groups in total. The summed E-state index contributed by atoms with van der Waals surface area (Å²) in [6.07, 6.45) is 16.0. The number of piperidine rings is 6. The van der Waals surface area contributed by atoms with Gasteiger partial charge >= 0.3 is 12.1 Å². The molecule has 3 aromatic carbocycles. The maximum atomic E-state index is 13.5. The molecule has 512 valence electrons. The summed E-state index contributed by atoms with van der Waals surface area (Å²) in [4.78, 5) is 45.6. The number of nitrogens with zero attached hydrogens (tertiary/aromatic N) is 6. The SMILES string of the molecule is CCCC1CC2CN3CCc4c([nH]c5ccc(Cl)cc45)C(CO)(C2)C13.COCCC1CC2CC3c4[nH]c5ccc(OC(=O)CCCN(C)C)cc5c4CCN(C2)C13.COCCOCOCCC1CC2CC3c4c(c5cc(O)ccc5n4C(=O)OCCN(C)C)CCN(C2)C13. The number of H-pyrrole nitrogens is 2. The van der Waals surface area contributed by atoms with E-state index in [1.807, 2.05) is 69.0 Å². The van der Waals surface area contributed by atoms with E-state index in [1.54, 1.807) is 13.2 Å². The van der Waals surface area contributed by atoms with Crippen molar-refractivity contribution >= 4 is 56.4 Å². The minimum atomic E-state index is -0.318. The van der Waals surface area contributed by atoms with Crippen LogP contribution in [0.2, 0.25) is 5.02 Å². The summed E-state index contributed by atoms with van der Waals surface area (Å²) >= 11 is 6.29. The Morgan fingerprint density at radius 2 is 1.33 bits per heavy atom. The van der Waals surface area contributed by atoms with Crippen LogP contribution in [0, 0.1) is 35.5 Å². The number of esters is 1. The van der Waals surface area contributed by atoms with Gasteiger partial charge in [0.05, 0.1) is 25.3 Å². The number of nitrogens with one attached hydrogen (secondary N) is 2. The standard InChI is InChI=1S/C28H41N3O6.C26H37N3O3.C21H27ClN2O/c1-29(2)9-11-37-28(33)31-25-5-4-21(32)16-23(25)22-6-8-30-17-19-14-20(26(30)24(15-19)27(22)31)7-10-35-18-36-13-12-34-3;1-28(2)10-4-5-24(30)32-19-6-7-23-21(15-19)20-8-11-29-16-17-13-18(9-12-31-3)26(29)22(14-17)25(20)27-23;1-2-3-14-8-13-10-21(12-25)19-16(6-7-24(11-13)20(14)21)17-9-15(22)4-5-18(17)23-19/h4-5,16,19-20,24,26,32H,6-15,17-18H2,1-3H3;6-7,15,17-18,22,26-27H,4-5,8-14,16H2,1-3H3;4-5,9,13-14,20,23,25H,2-3,6-8,10-12H2,1H3. The molecule has 6 saturated heterocycles. The van der Waals surface area contributed by atoms with Crippen LogP contribution in [-0.4, -0.2) is 221 Å². The number of rotatable bonds is 22. The van der Waals surface area contributed by atoms with E-state index in [4.69, 9.17) is 40.0 Å². The Balaban J connectivity index is 0.000000130. The summed E-state index contributed by atoms with van der Waals surface area (Å²) in [5.41, 5.74) is 10.9. The Hall–Kier alpha value is -5.09. The minimum Gasteiger partial charge on any atom is -0.508 e. The van der Waals surface area contributed by atoms with Gasteiger partial charge < -0.3 is 58.4 Å². The molecule has 18 nitrogen and oxygen atoms in total. The molecule has 12 heterocycles. The van der Waals surface area contributed by atoms with Gasteiger partial charge in [0.25, 0.3) is 0 Å². The number of carbonyl (C=O) groups is 2. The molecular weight excluding hydrogens is 1210 g/mol. The zero-order valence-electron chi connectivity index (χ0n) is 57.0. The number of benzene rings is 3. The molecule has 9 fully saturated rings. The summed E-state index contributed by atoms with van der Waals surface area (Å²) < 4.78 is 35.0. The average Bonchev–Trinajstić information content (AvgIpc) is 1.49. The normalized spacial score (nSPS) is 29.9. The third-order valence-corrected chi connectivity index (χ3v) is 23.6. The van der Waals surface area contributed by atoms with Crippen molar-refractivity contribution in [2.24, 2.45) is 35.5 Å². The Bertz CT molecular complexity index is 3600. The lowest BCUT2D eigenvalue weighted by Crippen LogP contribution is -2.65. The lowest BCUT2D eigenvalue weighted by Gasteiger charge is -2.59. The Morgan fingerprint density at radius 3 is 2.07 bits per heavy atom. The van der Waals surface area contributed by atoms with Gasteiger partial charge in [0.1, 0.15) is 24.9 Å². The van der Waals surface area contributed by atoms with Crippen LogP contribution in [0.3, 0.4) is 0 Å². The van der Waals surface area contributed by atoms with Crippen molar-refractivity contribution in [1.82, 2.24) is 39.0 Å². The first-order chi connectivity index (χ1) is 45.7. The van der Waals surface area contributed by atoms with Gasteiger partial charge in [0, 0.05) is 164 Å². The number of fused-ring (bicyclic) bond motifs is 12. The lowest BCUT2D eigenvalue weighted by molar-refractivity contribution is -0.134. The molecule has 0 amide bonds. The number of aliphatic hydroxyl groups is 1. The highest BCUT2D eigenvalue weighted by Gasteiger charge is 2.58. The van der Waals surface area contributed by atoms with E-state index < -0.39 is 0 Å². The number of hydrogen-bond donors (Lipinski definition) is 4. The molecule has 12 bridgehead atoms. The average molecular weight is 1310 g/mol. The predicted molar refractivity (Wildman–Crippen MR) is 369 cm³/mol. The first-order valence-electron chi connectivity index (χ1n) is 35.6. The topological polar surface area (TPSA) is 183 Å². The highest BCUT2D eigenvalue weighted by molar-refractivity contribution is 6.31. The van der Waals surface area contributed by atoms with Crippen LogP contribution in [0.4, 0.5) is 4.79 Å². The zero-order valence-corrected chi connectivity index (χ0v) is 57.7. The maximum Gasteiger partial charge on any atom is 0.418 e. The van der Waals surface area contributed by atoms with Crippen LogP contribution >= 0.6 is 11.6 Å². The summed E-state index contributed by atoms with van der Waals surface area (Å²) in [5, 5.41) is 25.2. The third-order valence-electron chi connectivity index (χ3n) is 23.3. The van der Waals surface area contributed by atoms with Crippen LogP contribution in [0.1, 0.15) is 130 Å². The summed E-state index contributed by atoms with van der Waals surface area (Å²) in [5.74, 6) is 5.64. The molecule has 3 saturated carbocycles. The molecule has 0 spiro atoms. The molecule has 3 aromatic heterocycles. The summed E-state index contributed by atoms with van der Waals surface area (Å²) in [6.45, 7) is 14.2. The molecular formula is C75H105ClN8O10. The van der Waals surface area contributed by atoms with Crippen LogP contribution < -0.4 is 4.74 Å². The largest absolute Gasteiger partial charge is 0.508 e. The van der Waals surface area contributed by atoms with Crippen molar-refractivity contribution in [2.45, 2.75) is 139 Å². The second kappa shape index (κ2) is 29.5. The molecule has 12 aliphatic rings. The molecule has 18 rings (SSSR count). The smallest absolute Gasteiger partial charge is 0.418 e. The van der Waals surface area contributed by atoms with Gasteiger partial charge in [-0.2, -0.15) is 0 Å². The maximum absolute atomic E-state index is 13.5. The molecule has 15 atom stereocenters. The zero-order chi connectivity index (χ0) is 65.4. The van der Waals surface area contributed by atoms with Gasteiger partial charge in [0.15, 0.2) is 0 Å². The van der Waals surface area contributed by atoms with Gasteiger partial charge in [0.2, 0.25) is 0 Å². The third kappa shape index (κ3) is 13.6. The molecule has 0 radical (unpaired) electrons. The van der Waals surface area contributed by atoms with Gasteiger partial charge in [-0.05, 0) is 225 Å². The molecule has 15 unspecified atom stereocenters. The number of hydrogen-bond acceptors (Lipinski definition) is 15. The number of carbonyl (C=O) groups excluding carboxylic acids is 2.